The molecule has 4 aromatic rings. The fourth-order valence-corrected chi connectivity index (χ4v) is 3.40. The van der Waals surface area contributed by atoms with Gasteiger partial charge in [0.25, 0.3) is 0 Å². The summed E-state index contributed by atoms with van der Waals surface area (Å²) >= 11 is 0. The molecule has 0 aliphatic rings. The molecule has 8 nitrogen and oxygen atoms in total. The lowest BCUT2D eigenvalue weighted by molar-refractivity contribution is 0.0593. The van der Waals surface area contributed by atoms with Crippen LogP contribution in [-0.2, 0) is 4.74 Å². The Labute approximate surface area is 166 Å². The predicted octanol–water partition coefficient (Wildman–Crippen LogP) is 3.07. The van der Waals surface area contributed by atoms with E-state index in [1.165, 1.54) is 13.3 Å². The second kappa shape index (κ2) is 6.80. The zero-order chi connectivity index (χ0) is 20.7. The Kier molecular flexibility index (Phi) is 4.28. The Morgan fingerprint density at radius 3 is 2.69 bits per heavy atom. The summed E-state index contributed by atoms with van der Waals surface area (Å²) in [5, 5.41) is 14.7. The van der Waals surface area contributed by atoms with E-state index in [1.54, 1.807) is 9.25 Å². The lowest BCUT2D eigenvalue weighted by atomic mass is 10.2. The van der Waals surface area contributed by atoms with E-state index in [2.05, 4.69) is 5.10 Å². The van der Waals surface area contributed by atoms with Gasteiger partial charge in [0.2, 0.25) is 0 Å². The number of hydrogen-bond acceptors (Lipinski definition) is 6. The molecule has 0 radical (unpaired) electrons. The van der Waals surface area contributed by atoms with Crippen LogP contribution in [0.15, 0.2) is 42.6 Å². The molecule has 0 saturated heterocycles. The average molecular weight is 386 g/mol. The summed E-state index contributed by atoms with van der Waals surface area (Å²) in [6, 6.07) is 13.4. The van der Waals surface area contributed by atoms with Crippen LogP contribution in [0.2, 0.25) is 0 Å². The molecule has 0 unspecified atom stereocenters. The van der Waals surface area contributed by atoms with Crippen LogP contribution < -0.4 is 5.73 Å². The molecule has 0 amide bonds. The molecule has 29 heavy (non-hydrogen) atoms. The Bertz CT molecular complexity index is 1310. The maximum Gasteiger partial charge on any atom is 0.357 e. The summed E-state index contributed by atoms with van der Waals surface area (Å²) in [5.74, 6) is 0.0199. The summed E-state index contributed by atoms with van der Waals surface area (Å²) < 4.78 is 8.19. The van der Waals surface area contributed by atoms with Crippen molar-refractivity contribution in [2.75, 3.05) is 12.8 Å². The van der Waals surface area contributed by atoms with Gasteiger partial charge in [-0.05, 0) is 38.1 Å². The van der Waals surface area contributed by atoms with Gasteiger partial charge in [-0.1, -0.05) is 12.1 Å². The predicted molar refractivity (Wildman–Crippen MR) is 108 cm³/mol. The molecule has 3 aromatic heterocycles. The molecule has 0 aliphatic heterocycles. The van der Waals surface area contributed by atoms with Crippen LogP contribution in [0.3, 0.4) is 0 Å². The van der Waals surface area contributed by atoms with Crippen molar-refractivity contribution >= 4 is 22.6 Å². The molecule has 0 atom stereocenters. The number of carbonyl (C=O) groups is 1. The number of esters is 1. The topological polar surface area (TPSA) is 112 Å². The summed E-state index contributed by atoms with van der Waals surface area (Å²) in [6.07, 6.45) is 1.52. The molecule has 144 valence electrons. The number of rotatable bonds is 3. The van der Waals surface area contributed by atoms with E-state index in [9.17, 15) is 10.1 Å². The minimum absolute atomic E-state index is 0.0750. The van der Waals surface area contributed by atoms with Crippen molar-refractivity contribution in [3.8, 4) is 17.6 Å². The standard InChI is InChI=1S/C21H18N6O2/c1-12-9-13(2)27(25-12)17-8-7-14-5-4-6-16(19(14)24-17)26-11-15(10-22)18(23)20(26)21(28)29-3/h4-9,11H,23H2,1-3H3. The number of carbonyl (C=O) groups excluding carboxylic acids is 1. The molecule has 0 aliphatic carbocycles. The monoisotopic (exact) mass is 386 g/mol. The molecule has 0 fully saturated rings. The zero-order valence-electron chi connectivity index (χ0n) is 16.2. The van der Waals surface area contributed by atoms with E-state index in [0.29, 0.717) is 17.0 Å². The SMILES string of the molecule is COC(=O)c1c(N)c(C#N)cn1-c1cccc2ccc(-n3nc(C)cc3C)nc12. The number of nitrogen functional groups attached to an aromatic ring is 1. The molecular weight excluding hydrogens is 368 g/mol. The first-order chi connectivity index (χ1) is 13.9. The molecule has 8 heteroatoms. The fraction of sp³-hybridized carbons (Fsp3) is 0.143. The minimum atomic E-state index is -0.629. The normalized spacial score (nSPS) is 10.8. The van der Waals surface area contributed by atoms with Gasteiger partial charge in [-0.2, -0.15) is 10.4 Å². The Hall–Kier alpha value is -4.12. The van der Waals surface area contributed by atoms with E-state index < -0.39 is 5.97 Å². The maximum absolute atomic E-state index is 12.4. The van der Waals surface area contributed by atoms with Crippen molar-refractivity contribution in [3.63, 3.8) is 0 Å². The van der Waals surface area contributed by atoms with E-state index in [4.69, 9.17) is 15.5 Å². The van der Waals surface area contributed by atoms with Crippen molar-refractivity contribution < 1.29 is 9.53 Å². The quantitative estimate of drug-likeness (QED) is 0.542. The smallest absolute Gasteiger partial charge is 0.357 e. The van der Waals surface area contributed by atoms with Gasteiger partial charge in [0.1, 0.15) is 6.07 Å². The highest BCUT2D eigenvalue weighted by Crippen LogP contribution is 2.29. The largest absolute Gasteiger partial charge is 0.464 e. The number of para-hydroxylation sites is 1. The second-order valence-electron chi connectivity index (χ2n) is 6.64. The van der Waals surface area contributed by atoms with Gasteiger partial charge in [-0.15, -0.1) is 0 Å². The summed E-state index contributed by atoms with van der Waals surface area (Å²) in [5.41, 5.74) is 9.50. The van der Waals surface area contributed by atoms with E-state index in [0.717, 1.165) is 16.8 Å². The van der Waals surface area contributed by atoms with Gasteiger partial charge in [0.15, 0.2) is 11.5 Å². The van der Waals surface area contributed by atoms with Crippen molar-refractivity contribution in [1.82, 2.24) is 19.3 Å². The molecular formula is C21H18N6O2. The molecule has 3 heterocycles. The first-order valence-corrected chi connectivity index (χ1v) is 8.87. The number of pyridine rings is 1. The van der Waals surface area contributed by atoms with Gasteiger partial charge in [-0.25, -0.2) is 14.5 Å². The van der Waals surface area contributed by atoms with Crippen molar-refractivity contribution in [1.29, 1.82) is 5.26 Å². The number of aromatic nitrogens is 4. The highest BCUT2D eigenvalue weighted by molar-refractivity contribution is 5.97. The maximum atomic E-state index is 12.4. The number of ether oxygens (including phenoxy) is 1. The van der Waals surface area contributed by atoms with Crippen LogP contribution in [0.25, 0.3) is 22.4 Å². The molecule has 4 rings (SSSR count). The van der Waals surface area contributed by atoms with Gasteiger partial charge < -0.3 is 15.0 Å². The molecule has 0 bridgehead atoms. The highest BCUT2D eigenvalue weighted by Gasteiger charge is 2.23. The molecule has 1 aromatic carbocycles. The third kappa shape index (κ3) is 2.89. The third-order valence-corrected chi connectivity index (χ3v) is 4.71. The van der Waals surface area contributed by atoms with Crippen molar-refractivity contribution in [3.05, 3.63) is 65.2 Å². The molecule has 2 N–H and O–H groups in total. The number of hydrogen-bond donors (Lipinski definition) is 1. The van der Waals surface area contributed by atoms with Crippen LogP contribution in [0.5, 0.6) is 0 Å². The number of benzene rings is 1. The number of methoxy groups -OCH3 is 1. The van der Waals surface area contributed by atoms with E-state index in [-0.39, 0.29) is 16.9 Å². The minimum Gasteiger partial charge on any atom is -0.464 e. The zero-order valence-corrected chi connectivity index (χ0v) is 16.2. The number of anilines is 1. The number of aryl methyl sites for hydroxylation is 2. The fourth-order valence-electron chi connectivity index (χ4n) is 3.40. The lowest BCUT2D eigenvalue weighted by Gasteiger charge is -2.12. The average Bonchev–Trinajstić information content (AvgIpc) is 3.24. The number of nitriles is 1. The van der Waals surface area contributed by atoms with Gasteiger partial charge in [-0.3, -0.25) is 0 Å². The molecule has 0 spiro atoms. The van der Waals surface area contributed by atoms with Gasteiger partial charge >= 0.3 is 5.97 Å². The third-order valence-electron chi connectivity index (χ3n) is 4.71. The van der Waals surface area contributed by atoms with Crippen molar-refractivity contribution in [2.45, 2.75) is 13.8 Å². The summed E-state index contributed by atoms with van der Waals surface area (Å²) in [4.78, 5) is 17.2. The Morgan fingerprint density at radius 1 is 1.24 bits per heavy atom. The van der Waals surface area contributed by atoms with Gasteiger partial charge in [0, 0.05) is 17.3 Å². The molecule has 0 saturated carbocycles. The van der Waals surface area contributed by atoms with Crippen molar-refractivity contribution in [2.24, 2.45) is 0 Å². The van der Waals surface area contributed by atoms with E-state index in [1.807, 2.05) is 56.3 Å². The summed E-state index contributed by atoms with van der Waals surface area (Å²) in [6.45, 7) is 3.88. The van der Waals surface area contributed by atoms with Crippen LogP contribution >= 0.6 is 0 Å². The van der Waals surface area contributed by atoms with Crippen LogP contribution in [0.1, 0.15) is 27.4 Å². The van der Waals surface area contributed by atoms with Gasteiger partial charge in [0.05, 0.1) is 35.3 Å². The highest BCUT2D eigenvalue weighted by atomic mass is 16.5. The number of nitrogens with two attached hydrogens (primary N) is 1. The summed E-state index contributed by atoms with van der Waals surface area (Å²) in [7, 11) is 1.27. The first-order valence-electron chi connectivity index (χ1n) is 8.87. The Balaban J connectivity index is 2.01. The van der Waals surface area contributed by atoms with Crippen LogP contribution in [-0.4, -0.2) is 32.4 Å². The number of fused-ring (bicyclic) bond motifs is 1. The van der Waals surface area contributed by atoms with Crippen LogP contribution in [0.4, 0.5) is 5.69 Å². The lowest BCUT2D eigenvalue weighted by Crippen LogP contribution is -2.12. The van der Waals surface area contributed by atoms with Crippen LogP contribution in [0, 0.1) is 25.2 Å². The second-order valence-corrected chi connectivity index (χ2v) is 6.64. The Morgan fingerprint density at radius 2 is 2.03 bits per heavy atom. The number of nitrogens with zero attached hydrogens (tertiary/aromatic N) is 5. The first kappa shape index (κ1) is 18.3. The van der Waals surface area contributed by atoms with E-state index >= 15 is 0 Å².